The van der Waals surface area contributed by atoms with Crippen LogP contribution in [0.15, 0.2) is 45.7 Å². The zero-order valence-corrected chi connectivity index (χ0v) is 31.4. The molecule has 6 atom stereocenters. The minimum atomic E-state index is -4.10. The number of esters is 1. The van der Waals surface area contributed by atoms with Crippen LogP contribution in [0.2, 0.25) is 5.02 Å². The first-order valence-corrected chi connectivity index (χ1v) is 20.1. The van der Waals surface area contributed by atoms with Crippen molar-refractivity contribution in [2.24, 2.45) is 23.7 Å². The minimum absolute atomic E-state index is 0.0146. The first kappa shape index (κ1) is 37.3. The van der Waals surface area contributed by atoms with Crippen LogP contribution < -0.4 is 15.4 Å². The number of methoxy groups -OCH3 is 1. The molecule has 0 unspecified atom stereocenters. The highest BCUT2D eigenvalue weighted by atomic mass is 35.5. The van der Waals surface area contributed by atoms with Crippen LogP contribution in [0.3, 0.4) is 0 Å². The van der Waals surface area contributed by atoms with Gasteiger partial charge in [-0.15, -0.1) is 0 Å². The monoisotopic (exact) mass is 760 g/mol. The van der Waals surface area contributed by atoms with Gasteiger partial charge in [0, 0.05) is 37.2 Å². The summed E-state index contributed by atoms with van der Waals surface area (Å²) in [7, 11) is -2.58. The summed E-state index contributed by atoms with van der Waals surface area (Å²) in [4.78, 5) is 18.1. The number of hydrogen-bond donors (Lipinski definition) is 3. The Bertz CT molecular complexity index is 1830. The van der Waals surface area contributed by atoms with Gasteiger partial charge in [0.2, 0.25) is 10.0 Å². The van der Waals surface area contributed by atoms with Gasteiger partial charge in [0.05, 0.1) is 48.7 Å². The number of halogens is 1. The predicted octanol–water partition coefficient (Wildman–Crippen LogP) is 4.60. The smallest absolute Gasteiger partial charge is 0.306 e. The average Bonchev–Trinajstić information content (AvgIpc) is 3.99. The number of carbonyl (C=O) groups is 1. The number of benzene rings is 2. The van der Waals surface area contributed by atoms with Crippen LogP contribution in [0, 0.1) is 23.7 Å². The quantitative estimate of drug-likeness (QED) is 0.155. The lowest BCUT2D eigenvalue weighted by Gasteiger charge is -2.30. The van der Waals surface area contributed by atoms with Gasteiger partial charge in [-0.05, 0) is 80.3 Å². The van der Waals surface area contributed by atoms with Gasteiger partial charge in [0.15, 0.2) is 11.9 Å². The summed E-state index contributed by atoms with van der Waals surface area (Å²) in [5, 5.41) is 19.0. The third-order valence-electron chi connectivity index (χ3n) is 10.3. The lowest BCUT2D eigenvalue weighted by atomic mass is 9.90. The van der Waals surface area contributed by atoms with Gasteiger partial charge in [0.1, 0.15) is 17.4 Å². The maximum Gasteiger partial charge on any atom is 0.306 e. The molecule has 2 aromatic carbocycles. The van der Waals surface area contributed by atoms with Gasteiger partial charge in [-0.3, -0.25) is 4.79 Å². The Balaban J connectivity index is 1.09. The second kappa shape index (κ2) is 15.8. The van der Waals surface area contributed by atoms with Gasteiger partial charge in [-0.25, -0.2) is 8.42 Å². The van der Waals surface area contributed by atoms with Crippen LogP contribution in [0.25, 0.3) is 11.1 Å². The summed E-state index contributed by atoms with van der Waals surface area (Å²) in [5.74, 6) is -0.233. The Kier molecular flexibility index (Phi) is 11.3. The molecule has 3 N–H and O–H groups in total. The van der Waals surface area contributed by atoms with Crippen molar-refractivity contribution in [1.29, 1.82) is 0 Å². The van der Waals surface area contributed by atoms with E-state index in [2.05, 4.69) is 15.6 Å². The second-order valence-corrected chi connectivity index (χ2v) is 17.4. The Labute approximate surface area is 309 Å². The van der Waals surface area contributed by atoms with Crippen molar-refractivity contribution in [3.05, 3.63) is 47.0 Å². The topological polar surface area (TPSA) is 162 Å². The summed E-state index contributed by atoms with van der Waals surface area (Å²) in [6.07, 6.45) is 2.42. The third-order valence-corrected chi connectivity index (χ3v) is 12.4. The average molecular weight is 761 g/mol. The molecule has 4 fully saturated rings. The van der Waals surface area contributed by atoms with Crippen LogP contribution in [0.4, 0.5) is 6.01 Å². The minimum Gasteiger partial charge on any atom is -0.495 e. The van der Waals surface area contributed by atoms with E-state index in [1.807, 2.05) is 19.9 Å². The SMILES string of the molecule is COc1ccc(C[C@H](CC(=O)O[C@H]2CO[C@H]3OC[C@H](NCC4CC4)[C@H]32)[C@H](O)CN(CC(C)C)S(=O)(=O)c2ccc3nc(NC4CC4)oc3c2)cc1Cl. The number of anilines is 1. The molecule has 15 heteroatoms. The molecule has 13 nitrogen and oxygen atoms in total. The molecule has 0 bridgehead atoms. The fourth-order valence-corrected chi connectivity index (χ4v) is 9.00. The van der Waals surface area contributed by atoms with Gasteiger partial charge < -0.3 is 39.1 Å². The van der Waals surface area contributed by atoms with E-state index in [4.69, 9.17) is 35.0 Å². The molecule has 0 radical (unpaired) electrons. The Hall–Kier alpha value is -2.98. The lowest BCUT2D eigenvalue weighted by Crippen LogP contribution is -2.44. The van der Waals surface area contributed by atoms with E-state index in [9.17, 15) is 18.3 Å². The number of sulfonamides is 1. The molecular weight excluding hydrogens is 712 g/mol. The molecule has 2 saturated carbocycles. The number of hydrogen-bond acceptors (Lipinski definition) is 12. The van der Waals surface area contributed by atoms with Gasteiger partial charge in [0.25, 0.3) is 6.01 Å². The highest BCUT2D eigenvalue weighted by molar-refractivity contribution is 7.89. The molecule has 1 aromatic heterocycles. The van der Waals surface area contributed by atoms with E-state index in [1.54, 1.807) is 18.2 Å². The summed E-state index contributed by atoms with van der Waals surface area (Å²) in [6, 6.07) is 10.6. The van der Waals surface area contributed by atoms with E-state index in [-0.39, 0.29) is 55.3 Å². The van der Waals surface area contributed by atoms with Crippen molar-refractivity contribution >= 4 is 44.7 Å². The normalized spacial score (nSPS) is 24.4. The van der Waals surface area contributed by atoms with Crippen molar-refractivity contribution in [1.82, 2.24) is 14.6 Å². The number of ether oxygens (including phenoxy) is 4. The predicted molar refractivity (Wildman–Crippen MR) is 194 cm³/mol. The fraction of sp³-hybridized carbons (Fsp3) is 0.622. The Morgan fingerprint density at radius 3 is 2.60 bits per heavy atom. The van der Waals surface area contributed by atoms with Crippen LogP contribution in [0.5, 0.6) is 5.75 Å². The summed E-state index contributed by atoms with van der Waals surface area (Å²) < 4.78 is 58.6. The van der Waals surface area contributed by atoms with Crippen molar-refractivity contribution in [3.8, 4) is 5.75 Å². The summed E-state index contributed by atoms with van der Waals surface area (Å²) in [6.45, 7) is 5.33. The van der Waals surface area contributed by atoms with E-state index in [0.29, 0.717) is 46.5 Å². The number of aliphatic hydroxyl groups excluding tert-OH is 1. The summed E-state index contributed by atoms with van der Waals surface area (Å²) in [5.41, 5.74) is 1.65. The Morgan fingerprint density at radius 2 is 1.88 bits per heavy atom. The van der Waals surface area contributed by atoms with Crippen molar-refractivity contribution in [2.75, 3.05) is 45.3 Å². The van der Waals surface area contributed by atoms with Crippen LogP contribution in [-0.4, -0.2) is 99.3 Å². The molecule has 284 valence electrons. The van der Waals surface area contributed by atoms with E-state index >= 15 is 0 Å². The van der Waals surface area contributed by atoms with Gasteiger partial charge in [-0.1, -0.05) is 31.5 Å². The van der Waals surface area contributed by atoms with Crippen molar-refractivity contribution in [2.45, 2.75) is 87.8 Å². The number of fused-ring (bicyclic) bond motifs is 2. The van der Waals surface area contributed by atoms with E-state index in [1.165, 1.54) is 36.4 Å². The fourth-order valence-electron chi connectivity index (χ4n) is 7.08. The standard InChI is InChI=1S/C37H49ClN4O9S/c1-21(2)17-42(52(45,46)26-9-10-28-32(15-26)51-37(41-28)40-25-7-8-25)18-30(43)24(12-23-6-11-31(47-3)27(38)13-23)14-34(44)50-33-20-49-36-35(33)29(19-48-36)39-16-22-4-5-22/h6,9-11,13,15,21-22,24-25,29-30,33,35-36,39,43H,4-5,7-8,12,14,16-20H2,1-3H3,(H,40,41)/t24-,29+,30-,33+,35+,36-/m1/s1. The van der Waals surface area contributed by atoms with Crippen LogP contribution in [-0.2, 0) is 35.4 Å². The maximum absolute atomic E-state index is 14.2. The van der Waals surface area contributed by atoms with Gasteiger partial charge in [-0.2, -0.15) is 9.29 Å². The van der Waals surface area contributed by atoms with Crippen molar-refractivity contribution in [3.63, 3.8) is 0 Å². The number of oxazole rings is 1. The largest absolute Gasteiger partial charge is 0.495 e. The molecule has 2 aliphatic heterocycles. The highest BCUT2D eigenvalue weighted by Gasteiger charge is 2.50. The summed E-state index contributed by atoms with van der Waals surface area (Å²) >= 11 is 6.45. The Morgan fingerprint density at radius 1 is 1.10 bits per heavy atom. The first-order chi connectivity index (χ1) is 25.0. The molecule has 0 amide bonds. The molecule has 2 aliphatic carbocycles. The number of nitrogens with zero attached hydrogens (tertiary/aromatic N) is 2. The van der Waals surface area contributed by atoms with Crippen molar-refractivity contribution < 1.29 is 41.7 Å². The van der Waals surface area contributed by atoms with E-state index < -0.39 is 40.4 Å². The highest BCUT2D eigenvalue weighted by Crippen LogP contribution is 2.36. The zero-order chi connectivity index (χ0) is 36.6. The van der Waals surface area contributed by atoms with E-state index in [0.717, 1.165) is 24.9 Å². The lowest BCUT2D eigenvalue weighted by molar-refractivity contribution is -0.153. The molecule has 3 aromatic rings. The molecule has 3 heterocycles. The molecule has 7 rings (SSSR count). The second-order valence-electron chi connectivity index (χ2n) is 15.1. The number of rotatable bonds is 18. The van der Waals surface area contributed by atoms with Crippen LogP contribution >= 0.6 is 11.6 Å². The number of aliphatic hydroxyl groups is 1. The number of aromatic nitrogens is 1. The molecule has 0 spiro atoms. The molecule has 4 aliphatic rings. The molecular formula is C37H49ClN4O9S. The molecule has 52 heavy (non-hydrogen) atoms. The van der Waals surface area contributed by atoms with Crippen LogP contribution in [0.1, 0.15) is 51.5 Å². The maximum atomic E-state index is 14.2. The number of carbonyl (C=O) groups excluding carboxylic acids is 1. The zero-order valence-electron chi connectivity index (χ0n) is 29.8. The third kappa shape index (κ3) is 8.86. The van der Waals surface area contributed by atoms with Gasteiger partial charge >= 0.3 is 5.97 Å². The first-order valence-electron chi connectivity index (χ1n) is 18.3. The number of nitrogens with one attached hydrogen (secondary N) is 2. The molecule has 2 saturated heterocycles.